The predicted octanol–water partition coefficient (Wildman–Crippen LogP) is 4.49. The van der Waals surface area contributed by atoms with Crippen LogP contribution in [0.1, 0.15) is 23.2 Å². The van der Waals surface area contributed by atoms with Crippen LogP contribution in [0.15, 0.2) is 66.7 Å². The van der Waals surface area contributed by atoms with E-state index in [2.05, 4.69) is 10.1 Å². The maximum absolute atomic E-state index is 12.9. The quantitative estimate of drug-likeness (QED) is 0.495. The maximum Gasteiger partial charge on any atom is 0.387 e. The van der Waals surface area contributed by atoms with Gasteiger partial charge >= 0.3 is 6.61 Å². The predicted molar refractivity (Wildman–Crippen MR) is 124 cm³/mol. The van der Waals surface area contributed by atoms with Gasteiger partial charge in [0.25, 0.3) is 5.91 Å². The topological polar surface area (TPSA) is 67.9 Å². The van der Waals surface area contributed by atoms with Gasteiger partial charge < -0.3 is 19.7 Å². The zero-order valence-electron chi connectivity index (χ0n) is 18.6. The van der Waals surface area contributed by atoms with Gasteiger partial charge in [-0.2, -0.15) is 8.78 Å². The molecule has 0 spiro atoms. The van der Waals surface area contributed by atoms with Crippen molar-refractivity contribution in [1.82, 2.24) is 10.2 Å². The molecule has 8 heteroatoms. The first-order valence-corrected chi connectivity index (χ1v) is 11.2. The number of nitrogens with zero attached hydrogens (tertiary/aromatic N) is 1. The largest absolute Gasteiger partial charge is 0.491 e. The second-order valence-corrected chi connectivity index (χ2v) is 8.08. The molecule has 1 atom stereocenters. The first-order valence-electron chi connectivity index (χ1n) is 11.2. The summed E-state index contributed by atoms with van der Waals surface area (Å²) in [4.78, 5) is 27.2. The molecule has 2 amide bonds. The van der Waals surface area contributed by atoms with Crippen LogP contribution in [-0.4, -0.2) is 49.6 Å². The summed E-state index contributed by atoms with van der Waals surface area (Å²) in [7, 11) is 0. The van der Waals surface area contributed by atoms with E-state index < -0.39 is 12.5 Å². The number of ether oxygens (including phenoxy) is 2. The van der Waals surface area contributed by atoms with Gasteiger partial charge in [0, 0.05) is 18.5 Å². The number of amides is 2. The molecule has 4 rings (SSSR count). The van der Waals surface area contributed by atoms with Crippen molar-refractivity contribution in [1.29, 1.82) is 0 Å². The molecule has 1 unspecified atom stereocenters. The van der Waals surface area contributed by atoms with Gasteiger partial charge in [-0.15, -0.1) is 0 Å². The molecule has 1 heterocycles. The van der Waals surface area contributed by atoms with Gasteiger partial charge in [-0.1, -0.05) is 48.5 Å². The molecule has 1 fully saturated rings. The molecule has 0 bridgehead atoms. The lowest BCUT2D eigenvalue weighted by Gasteiger charge is -2.32. The highest BCUT2D eigenvalue weighted by atomic mass is 19.3. The fourth-order valence-electron chi connectivity index (χ4n) is 4.19. The maximum atomic E-state index is 12.9. The summed E-state index contributed by atoms with van der Waals surface area (Å²) in [6.45, 7) is -1.71. The van der Waals surface area contributed by atoms with Crippen molar-refractivity contribution in [2.75, 3.05) is 26.2 Å². The zero-order chi connectivity index (χ0) is 23.9. The number of para-hydroxylation sites is 1. The molecule has 1 aliphatic rings. The van der Waals surface area contributed by atoms with Gasteiger partial charge in [0.1, 0.15) is 18.1 Å². The first kappa shape index (κ1) is 23.5. The van der Waals surface area contributed by atoms with Gasteiger partial charge in [-0.3, -0.25) is 9.59 Å². The van der Waals surface area contributed by atoms with E-state index in [0.29, 0.717) is 32.5 Å². The summed E-state index contributed by atoms with van der Waals surface area (Å²) in [5.41, 5.74) is 0.0624. The smallest absolute Gasteiger partial charge is 0.387 e. The Hall–Kier alpha value is -3.68. The average Bonchev–Trinajstić information content (AvgIpc) is 2.86. The van der Waals surface area contributed by atoms with Crippen LogP contribution >= 0.6 is 0 Å². The normalized spacial score (nSPS) is 15.9. The number of carbonyl (C=O) groups is 2. The number of rotatable bonds is 8. The van der Waals surface area contributed by atoms with Gasteiger partial charge in [-0.25, -0.2) is 0 Å². The van der Waals surface area contributed by atoms with Crippen molar-refractivity contribution in [2.24, 2.45) is 5.92 Å². The number of piperidine rings is 1. The molecule has 6 nitrogen and oxygen atoms in total. The minimum atomic E-state index is -3.02. The van der Waals surface area contributed by atoms with Crippen LogP contribution in [0.2, 0.25) is 0 Å². The molecular weight excluding hydrogens is 442 g/mol. The lowest BCUT2D eigenvalue weighted by atomic mass is 9.96. The van der Waals surface area contributed by atoms with Crippen LogP contribution in [0.25, 0.3) is 10.8 Å². The van der Waals surface area contributed by atoms with Crippen molar-refractivity contribution < 1.29 is 27.8 Å². The molecule has 0 aliphatic carbocycles. The highest BCUT2D eigenvalue weighted by Gasteiger charge is 2.30. The van der Waals surface area contributed by atoms with E-state index in [4.69, 9.17) is 4.74 Å². The Morgan fingerprint density at radius 3 is 2.59 bits per heavy atom. The van der Waals surface area contributed by atoms with Crippen LogP contribution < -0.4 is 14.8 Å². The summed E-state index contributed by atoms with van der Waals surface area (Å²) < 4.78 is 35.7. The average molecular weight is 469 g/mol. The Labute approximate surface area is 196 Å². The molecule has 0 saturated carbocycles. The molecule has 1 saturated heterocycles. The Kier molecular flexibility index (Phi) is 7.57. The number of hydrogen-bond donors (Lipinski definition) is 1. The van der Waals surface area contributed by atoms with Crippen LogP contribution in [0.5, 0.6) is 11.5 Å². The minimum absolute atomic E-state index is 0.0624. The number of halogens is 2. The molecule has 178 valence electrons. The lowest BCUT2D eigenvalue weighted by molar-refractivity contribution is -0.126. The number of hydrogen-bond acceptors (Lipinski definition) is 4. The molecule has 0 aromatic heterocycles. The van der Waals surface area contributed by atoms with Gasteiger partial charge in [0.2, 0.25) is 5.91 Å². The standard InChI is InChI=1S/C26H26F2N2O4/c27-26(28)34-23-12-4-3-11-21(23)25(32)30-15-6-9-19(17-30)24(31)29-14-16-33-22-13-5-8-18-7-1-2-10-20(18)22/h1-5,7-8,10-13,19,26H,6,9,14-17H2,(H,29,31). The summed E-state index contributed by atoms with van der Waals surface area (Å²) in [6, 6.07) is 19.7. The fourth-order valence-corrected chi connectivity index (χ4v) is 4.19. The van der Waals surface area contributed by atoms with Crippen molar-refractivity contribution >= 4 is 22.6 Å². The number of alkyl halides is 2. The lowest BCUT2D eigenvalue weighted by Crippen LogP contribution is -2.46. The van der Waals surface area contributed by atoms with Crippen molar-refractivity contribution in [3.8, 4) is 11.5 Å². The van der Waals surface area contributed by atoms with E-state index in [-0.39, 0.29) is 29.7 Å². The minimum Gasteiger partial charge on any atom is -0.491 e. The van der Waals surface area contributed by atoms with E-state index in [9.17, 15) is 18.4 Å². The van der Waals surface area contributed by atoms with Crippen molar-refractivity contribution in [2.45, 2.75) is 19.5 Å². The van der Waals surface area contributed by atoms with Crippen LogP contribution in [0.3, 0.4) is 0 Å². The third kappa shape index (κ3) is 5.62. The van der Waals surface area contributed by atoms with Crippen LogP contribution in [0, 0.1) is 5.92 Å². The molecule has 3 aromatic carbocycles. The number of benzene rings is 3. The second kappa shape index (κ2) is 11.0. The molecule has 1 N–H and O–H groups in total. The Balaban J connectivity index is 1.30. The molecule has 34 heavy (non-hydrogen) atoms. The van der Waals surface area contributed by atoms with E-state index in [1.165, 1.54) is 23.1 Å². The summed E-state index contributed by atoms with van der Waals surface area (Å²) in [6.07, 6.45) is 1.29. The van der Waals surface area contributed by atoms with E-state index >= 15 is 0 Å². The van der Waals surface area contributed by atoms with Gasteiger partial charge in [0.15, 0.2) is 0 Å². The third-order valence-corrected chi connectivity index (χ3v) is 5.82. The fraction of sp³-hybridized carbons (Fsp3) is 0.308. The summed E-state index contributed by atoms with van der Waals surface area (Å²) >= 11 is 0. The zero-order valence-corrected chi connectivity index (χ0v) is 18.6. The monoisotopic (exact) mass is 468 g/mol. The van der Waals surface area contributed by atoms with Crippen molar-refractivity contribution in [3.63, 3.8) is 0 Å². The Morgan fingerprint density at radius 1 is 1.00 bits per heavy atom. The molecule has 1 aliphatic heterocycles. The summed E-state index contributed by atoms with van der Waals surface area (Å²) in [5.74, 6) is -0.367. The van der Waals surface area contributed by atoms with Crippen LogP contribution in [-0.2, 0) is 4.79 Å². The van der Waals surface area contributed by atoms with E-state index in [1.807, 2.05) is 42.5 Å². The van der Waals surface area contributed by atoms with E-state index in [0.717, 1.165) is 16.5 Å². The number of carbonyl (C=O) groups excluding carboxylic acids is 2. The molecular formula is C26H26F2N2O4. The molecule has 0 radical (unpaired) electrons. The second-order valence-electron chi connectivity index (χ2n) is 8.08. The molecule has 3 aromatic rings. The number of nitrogens with one attached hydrogen (secondary N) is 1. The highest BCUT2D eigenvalue weighted by molar-refractivity contribution is 5.97. The van der Waals surface area contributed by atoms with Gasteiger partial charge in [0.05, 0.1) is 18.0 Å². The Bertz CT molecular complexity index is 1150. The first-order chi connectivity index (χ1) is 16.5. The van der Waals surface area contributed by atoms with E-state index in [1.54, 1.807) is 6.07 Å². The Morgan fingerprint density at radius 2 is 1.74 bits per heavy atom. The third-order valence-electron chi connectivity index (χ3n) is 5.82. The SMILES string of the molecule is O=C(NCCOc1cccc2ccccc12)C1CCCN(C(=O)c2ccccc2OC(F)F)C1. The van der Waals surface area contributed by atoms with Gasteiger partial charge in [-0.05, 0) is 36.4 Å². The number of likely N-dealkylation sites (tertiary alicyclic amines) is 1. The van der Waals surface area contributed by atoms with Crippen LogP contribution in [0.4, 0.5) is 8.78 Å². The highest BCUT2D eigenvalue weighted by Crippen LogP contribution is 2.26. The number of fused-ring (bicyclic) bond motifs is 1. The summed E-state index contributed by atoms with van der Waals surface area (Å²) in [5, 5.41) is 4.97. The van der Waals surface area contributed by atoms with Crippen molar-refractivity contribution in [3.05, 3.63) is 72.3 Å².